The van der Waals surface area contributed by atoms with Crippen molar-refractivity contribution in [2.75, 3.05) is 14.1 Å². The lowest BCUT2D eigenvalue weighted by atomic mass is 10.0. The van der Waals surface area contributed by atoms with Crippen LogP contribution in [-0.2, 0) is 0 Å². The summed E-state index contributed by atoms with van der Waals surface area (Å²) >= 11 is 5.01. The van der Waals surface area contributed by atoms with Gasteiger partial charge in [-0.05, 0) is 18.6 Å². The third kappa shape index (κ3) is 1.35. The molecular formula is C12H14N2O3S. The number of fused-ring (bicyclic) bond motifs is 5. The van der Waals surface area contributed by atoms with Crippen LogP contribution in [-0.4, -0.2) is 39.1 Å². The first-order valence-electron chi connectivity index (χ1n) is 5.75. The van der Waals surface area contributed by atoms with Gasteiger partial charge in [-0.1, -0.05) is 12.2 Å². The standard InChI is InChI=1S/C12H14N2O3S/c1-13(2)12(18)17-14-10(15)8-6-3-4-7(5-6)9(8)11(14)16/h3-4,6-7,15-16H,5H2,1-2H3. The summed E-state index contributed by atoms with van der Waals surface area (Å²) in [5.41, 5.74) is 1.53. The van der Waals surface area contributed by atoms with E-state index in [9.17, 15) is 10.2 Å². The Morgan fingerprint density at radius 2 is 1.78 bits per heavy atom. The minimum Gasteiger partial charge on any atom is -0.492 e. The molecule has 2 atom stereocenters. The Hall–Kier alpha value is -1.69. The van der Waals surface area contributed by atoms with Crippen LogP contribution < -0.4 is 4.84 Å². The van der Waals surface area contributed by atoms with Gasteiger partial charge in [0, 0.05) is 37.1 Å². The molecule has 0 aromatic carbocycles. The zero-order valence-electron chi connectivity index (χ0n) is 10.1. The average molecular weight is 266 g/mol. The Morgan fingerprint density at radius 1 is 1.28 bits per heavy atom. The third-order valence-corrected chi connectivity index (χ3v) is 3.96. The van der Waals surface area contributed by atoms with Crippen LogP contribution in [0, 0.1) is 0 Å². The summed E-state index contributed by atoms with van der Waals surface area (Å²) in [6, 6.07) is 0. The predicted octanol–water partition coefficient (Wildman–Crippen LogP) is 1.32. The number of hydrogen-bond acceptors (Lipinski definition) is 4. The highest BCUT2D eigenvalue weighted by molar-refractivity contribution is 7.80. The summed E-state index contributed by atoms with van der Waals surface area (Å²) in [5, 5.41) is 20.5. The largest absolute Gasteiger partial charge is 0.492 e. The average Bonchev–Trinajstić information content (AvgIpc) is 2.98. The number of aromatic nitrogens is 1. The molecule has 1 heterocycles. The van der Waals surface area contributed by atoms with Gasteiger partial charge in [0.1, 0.15) is 0 Å². The van der Waals surface area contributed by atoms with E-state index in [2.05, 4.69) is 12.2 Å². The summed E-state index contributed by atoms with van der Waals surface area (Å²) in [6.45, 7) is 0. The zero-order valence-corrected chi connectivity index (χ0v) is 10.9. The number of allylic oxidation sites excluding steroid dienone is 2. The van der Waals surface area contributed by atoms with Crippen molar-refractivity contribution in [3.8, 4) is 11.8 Å². The predicted molar refractivity (Wildman–Crippen MR) is 69.9 cm³/mol. The molecule has 2 aliphatic carbocycles. The molecule has 96 valence electrons. The monoisotopic (exact) mass is 266 g/mol. The van der Waals surface area contributed by atoms with Crippen molar-refractivity contribution in [1.29, 1.82) is 0 Å². The van der Waals surface area contributed by atoms with Gasteiger partial charge in [0.15, 0.2) is 0 Å². The number of rotatable bonds is 1. The van der Waals surface area contributed by atoms with Crippen LogP contribution in [0.15, 0.2) is 12.2 Å². The van der Waals surface area contributed by atoms with Crippen molar-refractivity contribution in [2.24, 2.45) is 0 Å². The Morgan fingerprint density at radius 3 is 2.22 bits per heavy atom. The summed E-state index contributed by atoms with van der Waals surface area (Å²) in [7, 11) is 3.47. The van der Waals surface area contributed by atoms with Crippen LogP contribution in [0.2, 0.25) is 0 Å². The first kappa shape index (κ1) is 11.4. The minimum atomic E-state index is -0.0523. The lowest BCUT2D eigenvalue weighted by Gasteiger charge is -2.15. The number of nitrogens with zero attached hydrogens (tertiary/aromatic N) is 2. The molecule has 6 heteroatoms. The lowest BCUT2D eigenvalue weighted by molar-refractivity contribution is 0.170. The quantitative estimate of drug-likeness (QED) is 0.593. The van der Waals surface area contributed by atoms with Gasteiger partial charge in [0.25, 0.3) is 5.17 Å². The van der Waals surface area contributed by atoms with Crippen molar-refractivity contribution in [3.05, 3.63) is 23.3 Å². The normalized spacial score (nSPS) is 23.2. The second kappa shape index (κ2) is 3.65. The van der Waals surface area contributed by atoms with Gasteiger partial charge in [-0.2, -0.15) is 0 Å². The Labute approximate surface area is 110 Å². The SMILES string of the molecule is CN(C)C(=S)On1c(O)c2c(c1O)C1C=CC2C1. The van der Waals surface area contributed by atoms with E-state index in [1.807, 2.05) is 0 Å². The Balaban J connectivity index is 2.01. The molecule has 0 saturated carbocycles. The van der Waals surface area contributed by atoms with Crippen LogP contribution in [0.25, 0.3) is 0 Å². The molecule has 0 saturated heterocycles. The number of aromatic hydroxyl groups is 2. The van der Waals surface area contributed by atoms with E-state index >= 15 is 0 Å². The molecule has 5 nitrogen and oxygen atoms in total. The van der Waals surface area contributed by atoms with Crippen molar-refractivity contribution in [1.82, 2.24) is 9.63 Å². The Kier molecular flexibility index (Phi) is 2.31. The van der Waals surface area contributed by atoms with Gasteiger partial charge in [-0.15, -0.1) is 4.73 Å². The molecule has 1 aromatic rings. The molecule has 0 aliphatic heterocycles. The molecule has 2 aliphatic rings. The van der Waals surface area contributed by atoms with E-state index in [4.69, 9.17) is 17.1 Å². The summed E-state index contributed by atoms with van der Waals surface area (Å²) in [4.78, 5) is 6.89. The molecule has 3 rings (SSSR count). The molecule has 0 radical (unpaired) electrons. The maximum atomic E-state index is 10.1. The molecule has 1 aromatic heterocycles. The summed E-state index contributed by atoms with van der Waals surface area (Å²) in [5.74, 6) is 0.245. The van der Waals surface area contributed by atoms with Gasteiger partial charge in [0.2, 0.25) is 11.8 Å². The lowest BCUT2D eigenvalue weighted by Crippen LogP contribution is -2.30. The summed E-state index contributed by atoms with van der Waals surface area (Å²) in [6.07, 6.45) is 5.03. The highest BCUT2D eigenvalue weighted by Crippen LogP contribution is 2.56. The van der Waals surface area contributed by atoms with E-state index in [1.54, 1.807) is 19.0 Å². The van der Waals surface area contributed by atoms with Crippen molar-refractivity contribution in [2.45, 2.75) is 18.3 Å². The minimum absolute atomic E-state index is 0.0523. The molecule has 18 heavy (non-hydrogen) atoms. The molecule has 0 fully saturated rings. The van der Waals surface area contributed by atoms with E-state index in [1.165, 1.54) is 0 Å². The van der Waals surface area contributed by atoms with Crippen molar-refractivity contribution in [3.63, 3.8) is 0 Å². The molecule has 2 N–H and O–H groups in total. The fourth-order valence-corrected chi connectivity index (χ4v) is 2.74. The molecule has 0 spiro atoms. The van der Waals surface area contributed by atoms with Gasteiger partial charge >= 0.3 is 0 Å². The second-order valence-corrected chi connectivity index (χ2v) is 5.20. The van der Waals surface area contributed by atoms with Crippen LogP contribution in [0.3, 0.4) is 0 Å². The highest BCUT2D eigenvalue weighted by Gasteiger charge is 2.41. The topological polar surface area (TPSA) is 57.9 Å². The molecule has 2 unspecified atom stereocenters. The number of thiocarbonyl (C=S) groups is 1. The van der Waals surface area contributed by atoms with Gasteiger partial charge in [-0.25, -0.2) is 0 Å². The maximum Gasteiger partial charge on any atom is 0.289 e. The smallest absolute Gasteiger partial charge is 0.289 e. The highest BCUT2D eigenvalue weighted by atomic mass is 32.1. The van der Waals surface area contributed by atoms with E-state index in [0.29, 0.717) is 0 Å². The fourth-order valence-electron chi connectivity index (χ4n) is 2.66. The van der Waals surface area contributed by atoms with Crippen LogP contribution in [0.1, 0.15) is 29.4 Å². The van der Waals surface area contributed by atoms with Crippen molar-refractivity contribution < 1.29 is 15.1 Å². The van der Waals surface area contributed by atoms with Crippen LogP contribution in [0.4, 0.5) is 0 Å². The van der Waals surface area contributed by atoms with Gasteiger partial charge in [-0.3, -0.25) is 0 Å². The van der Waals surface area contributed by atoms with Crippen LogP contribution in [0.5, 0.6) is 11.8 Å². The number of hydrogen-bond donors (Lipinski definition) is 2. The van der Waals surface area contributed by atoms with E-state index in [-0.39, 0.29) is 28.8 Å². The molecular weight excluding hydrogens is 252 g/mol. The Bertz CT molecular complexity index is 527. The third-order valence-electron chi connectivity index (χ3n) is 3.52. The first-order chi connectivity index (χ1) is 8.50. The second-order valence-electron chi connectivity index (χ2n) is 4.85. The van der Waals surface area contributed by atoms with Crippen molar-refractivity contribution >= 4 is 17.4 Å². The van der Waals surface area contributed by atoms with E-state index < -0.39 is 0 Å². The zero-order chi connectivity index (χ0) is 13.0. The fraction of sp³-hybridized carbons (Fsp3) is 0.417. The maximum absolute atomic E-state index is 10.1. The van der Waals surface area contributed by atoms with Gasteiger partial charge in [0.05, 0.1) is 0 Å². The molecule has 0 amide bonds. The van der Waals surface area contributed by atoms with Crippen LogP contribution >= 0.6 is 12.2 Å². The van der Waals surface area contributed by atoms with Gasteiger partial charge < -0.3 is 20.0 Å². The van der Waals surface area contributed by atoms with E-state index in [0.717, 1.165) is 22.3 Å². The summed E-state index contributed by atoms with van der Waals surface area (Å²) < 4.78 is 1.01. The molecule has 2 bridgehead atoms. The first-order valence-corrected chi connectivity index (χ1v) is 6.16.